The summed E-state index contributed by atoms with van der Waals surface area (Å²) in [6, 6.07) is -0.504. The van der Waals surface area contributed by atoms with Gasteiger partial charge in [0.2, 0.25) is 0 Å². The quantitative estimate of drug-likeness (QED) is 0.513. The van der Waals surface area contributed by atoms with Gasteiger partial charge in [-0.3, -0.25) is 14.5 Å². The van der Waals surface area contributed by atoms with Crippen LogP contribution in [0.3, 0.4) is 0 Å². The molecule has 7 nitrogen and oxygen atoms in total. The first-order valence-electron chi connectivity index (χ1n) is 5.26. The molecule has 1 saturated heterocycles. The molecule has 1 rings (SSSR count). The topological polar surface area (TPSA) is 92.9 Å². The summed E-state index contributed by atoms with van der Waals surface area (Å²) >= 11 is 0. The number of nitrogens with two attached hydrogens (primary N) is 1. The predicted octanol–water partition coefficient (Wildman–Crippen LogP) is -0.839. The monoisotopic (exact) mass is 243 g/mol. The number of ether oxygens (including phenoxy) is 1. The molecule has 0 aromatic heterocycles. The van der Waals surface area contributed by atoms with E-state index in [4.69, 9.17) is 5.73 Å². The van der Waals surface area contributed by atoms with Crippen LogP contribution in [0, 0.1) is 0 Å². The molecule has 0 saturated carbocycles. The highest BCUT2D eigenvalue weighted by Gasteiger charge is 2.51. The maximum Gasteiger partial charge on any atom is 0.328 e. The fraction of sp³-hybridized carbons (Fsp3) is 0.700. The van der Waals surface area contributed by atoms with Gasteiger partial charge < -0.3 is 15.4 Å². The van der Waals surface area contributed by atoms with Crippen LogP contribution in [0.15, 0.2) is 0 Å². The largest absolute Gasteiger partial charge is 0.468 e. The van der Waals surface area contributed by atoms with Crippen LogP contribution in [0.4, 0.5) is 4.79 Å². The Balaban J connectivity index is 2.92. The normalized spacial score (nSPS) is 18.8. The van der Waals surface area contributed by atoms with Gasteiger partial charge in [0.05, 0.1) is 7.11 Å². The van der Waals surface area contributed by atoms with Crippen molar-refractivity contribution in [3.63, 3.8) is 0 Å². The Labute approximate surface area is 99.5 Å². The molecule has 0 radical (unpaired) electrons. The number of carbonyl (C=O) groups excluding carboxylic acids is 3. The molecule has 3 amide bonds. The van der Waals surface area contributed by atoms with Gasteiger partial charge in [0.25, 0.3) is 5.91 Å². The first-order chi connectivity index (χ1) is 7.86. The van der Waals surface area contributed by atoms with E-state index in [1.165, 1.54) is 12.0 Å². The molecule has 0 aromatic rings. The second kappa shape index (κ2) is 4.70. The third-order valence-electron chi connectivity index (χ3n) is 2.77. The lowest BCUT2D eigenvalue weighted by Crippen LogP contribution is -2.46. The van der Waals surface area contributed by atoms with Crippen molar-refractivity contribution in [2.45, 2.75) is 19.4 Å². The van der Waals surface area contributed by atoms with Crippen molar-refractivity contribution in [1.82, 2.24) is 9.80 Å². The van der Waals surface area contributed by atoms with Crippen LogP contribution in [0.2, 0.25) is 0 Å². The van der Waals surface area contributed by atoms with E-state index in [1.54, 1.807) is 13.8 Å². The molecule has 1 aliphatic heterocycles. The Morgan fingerprint density at radius 3 is 2.47 bits per heavy atom. The summed E-state index contributed by atoms with van der Waals surface area (Å²) in [6.07, 6.45) is 0. The highest BCUT2D eigenvalue weighted by molar-refractivity contribution is 6.08. The van der Waals surface area contributed by atoms with Crippen molar-refractivity contribution in [3.8, 4) is 0 Å². The lowest BCUT2D eigenvalue weighted by Gasteiger charge is -2.26. The molecule has 1 heterocycles. The van der Waals surface area contributed by atoms with Crippen molar-refractivity contribution < 1.29 is 19.1 Å². The molecule has 0 aliphatic carbocycles. The summed E-state index contributed by atoms with van der Waals surface area (Å²) < 4.78 is 4.44. The average molecular weight is 243 g/mol. The molecule has 0 bridgehead atoms. The number of urea groups is 1. The van der Waals surface area contributed by atoms with E-state index in [0.29, 0.717) is 0 Å². The molecule has 0 atom stereocenters. The van der Waals surface area contributed by atoms with Crippen molar-refractivity contribution in [2.24, 2.45) is 5.73 Å². The van der Waals surface area contributed by atoms with E-state index in [1.807, 2.05) is 0 Å². The smallest absolute Gasteiger partial charge is 0.328 e. The Bertz CT molecular complexity index is 353. The molecule has 7 heteroatoms. The van der Waals surface area contributed by atoms with Gasteiger partial charge in [-0.15, -0.1) is 0 Å². The minimum atomic E-state index is -0.968. The van der Waals surface area contributed by atoms with E-state index in [2.05, 4.69) is 4.74 Å². The van der Waals surface area contributed by atoms with Gasteiger partial charge in [-0.05, 0) is 13.8 Å². The molecular formula is C10H17N3O4. The molecule has 1 aliphatic rings. The number of carbonyl (C=O) groups is 3. The number of rotatable bonds is 4. The second-order valence-electron chi connectivity index (χ2n) is 4.25. The predicted molar refractivity (Wildman–Crippen MR) is 59.0 cm³/mol. The third-order valence-corrected chi connectivity index (χ3v) is 2.77. The zero-order valence-electron chi connectivity index (χ0n) is 10.2. The van der Waals surface area contributed by atoms with Gasteiger partial charge >= 0.3 is 12.0 Å². The van der Waals surface area contributed by atoms with Gasteiger partial charge in [0.15, 0.2) is 0 Å². The fourth-order valence-corrected chi connectivity index (χ4v) is 1.75. The molecule has 1 fully saturated rings. The second-order valence-corrected chi connectivity index (χ2v) is 4.25. The van der Waals surface area contributed by atoms with Crippen LogP contribution >= 0.6 is 0 Å². The minimum Gasteiger partial charge on any atom is -0.468 e. The average Bonchev–Trinajstić information content (AvgIpc) is 2.43. The van der Waals surface area contributed by atoms with Crippen molar-refractivity contribution in [2.75, 3.05) is 26.7 Å². The number of methoxy groups -OCH3 is 1. The van der Waals surface area contributed by atoms with Crippen LogP contribution in [-0.4, -0.2) is 60.0 Å². The van der Waals surface area contributed by atoms with Crippen LogP contribution in [0.25, 0.3) is 0 Å². The Morgan fingerprint density at radius 2 is 2.00 bits per heavy atom. The minimum absolute atomic E-state index is 0.258. The summed E-state index contributed by atoms with van der Waals surface area (Å²) in [5.41, 5.74) is 4.43. The summed E-state index contributed by atoms with van der Waals surface area (Å²) in [5, 5.41) is 0. The SMILES string of the molecule is COC(=O)CN1C(=O)N(CCN)C(C)(C)C1=O. The molecule has 0 aromatic carbocycles. The van der Waals surface area contributed by atoms with Gasteiger partial charge in [0, 0.05) is 13.1 Å². The molecular weight excluding hydrogens is 226 g/mol. The van der Waals surface area contributed by atoms with Crippen LogP contribution < -0.4 is 5.73 Å². The van der Waals surface area contributed by atoms with Crippen molar-refractivity contribution in [1.29, 1.82) is 0 Å². The molecule has 2 N–H and O–H groups in total. The summed E-state index contributed by atoms with van der Waals surface area (Å²) in [4.78, 5) is 37.3. The van der Waals surface area contributed by atoms with E-state index in [-0.39, 0.29) is 19.6 Å². The van der Waals surface area contributed by atoms with Crippen molar-refractivity contribution >= 4 is 17.9 Å². The fourth-order valence-electron chi connectivity index (χ4n) is 1.75. The van der Waals surface area contributed by atoms with Gasteiger partial charge in [-0.1, -0.05) is 0 Å². The standard InChI is InChI=1S/C10H17N3O4/c1-10(2)8(15)12(6-7(14)17-3)9(16)13(10)5-4-11/h4-6,11H2,1-3H3. The summed E-state index contributed by atoms with van der Waals surface area (Å²) in [7, 11) is 1.20. The van der Waals surface area contributed by atoms with Gasteiger partial charge in [-0.2, -0.15) is 0 Å². The molecule has 17 heavy (non-hydrogen) atoms. The lowest BCUT2D eigenvalue weighted by molar-refractivity contribution is -0.145. The maximum absolute atomic E-state index is 12.0. The zero-order chi connectivity index (χ0) is 13.2. The zero-order valence-corrected chi connectivity index (χ0v) is 10.2. The van der Waals surface area contributed by atoms with Gasteiger partial charge in [0.1, 0.15) is 12.1 Å². The number of amides is 3. The maximum atomic E-state index is 12.0. The van der Waals surface area contributed by atoms with Crippen LogP contribution in [-0.2, 0) is 14.3 Å². The molecule has 0 spiro atoms. The first kappa shape index (κ1) is 13.4. The number of hydrogen-bond acceptors (Lipinski definition) is 5. The Hall–Kier alpha value is -1.63. The number of nitrogens with zero attached hydrogens (tertiary/aromatic N) is 2. The Morgan fingerprint density at radius 1 is 1.41 bits per heavy atom. The molecule has 0 unspecified atom stereocenters. The van der Waals surface area contributed by atoms with E-state index in [0.717, 1.165) is 4.90 Å². The highest BCUT2D eigenvalue weighted by Crippen LogP contribution is 2.26. The summed E-state index contributed by atoms with van der Waals surface area (Å²) in [5.74, 6) is -1.04. The van der Waals surface area contributed by atoms with Gasteiger partial charge in [-0.25, -0.2) is 4.79 Å². The molecule has 96 valence electrons. The first-order valence-corrected chi connectivity index (χ1v) is 5.26. The van der Waals surface area contributed by atoms with E-state index < -0.39 is 23.4 Å². The van der Waals surface area contributed by atoms with E-state index >= 15 is 0 Å². The summed E-state index contributed by atoms with van der Waals surface area (Å²) in [6.45, 7) is 3.42. The number of hydrogen-bond donors (Lipinski definition) is 1. The highest BCUT2D eigenvalue weighted by atomic mass is 16.5. The number of imide groups is 1. The van der Waals surface area contributed by atoms with E-state index in [9.17, 15) is 14.4 Å². The third kappa shape index (κ3) is 2.23. The van der Waals surface area contributed by atoms with Crippen LogP contribution in [0.1, 0.15) is 13.8 Å². The van der Waals surface area contributed by atoms with Crippen molar-refractivity contribution in [3.05, 3.63) is 0 Å². The lowest BCUT2D eigenvalue weighted by atomic mass is 10.0. The number of esters is 1. The van der Waals surface area contributed by atoms with Crippen LogP contribution in [0.5, 0.6) is 0 Å². The Kier molecular flexibility index (Phi) is 3.72.